The van der Waals surface area contributed by atoms with E-state index in [1.807, 2.05) is 44.4 Å². The number of nitrogens with zero attached hydrogens (tertiary/aromatic N) is 2. The Labute approximate surface area is 274 Å². The summed E-state index contributed by atoms with van der Waals surface area (Å²) in [6.07, 6.45) is -9.23. The number of carbonyl (C=O) groups excluding carboxylic acids is 3. The van der Waals surface area contributed by atoms with E-state index in [-0.39, 0.29) is 19.4 Å². The van der Waals surface area contributed by atoms with Gasteiger partial charge in [-0.2, -0.15) is 26.3 Å². The Morgan fingerprint density at radius 1 is 1.05 bits per heavy atom. The lowest BCUT2D eigenvalue weighted by atomic mass is 10.0. The largest absolute Gasteiger partial charge is 0.447 e. The van der Waals surface area contributed by atoms with Crippen molar-refractivity contribution in [1.29, 1.82) is 0 Å². The maximum absolute atomic E-state index is 12.5. The summed E-state index contributed by atoms with van der Waals surface area (Å²) in [5, 5.41) is 11.9. The van der Waals surface area contributed by atoms with Gasteiger partial charge in [-0.15, -0.1) is 0 Å². The van der Waals surface area contributed by atoms with E-state index < -0.39 is 55.5 Å². The zero-order valence-electron chi connectivity index (χ0n) is 24.1. The molecule has 1 saturated heterocycles. The molecule has 0 unspecified atom stereocenters. The van der Waals surface area contributed by atoms with Gasteiger partial charge in [0.25, 0.3) is 5.91 Å². The monoisotopic (exact) mass is 849 g/mol. The quantitative estimate of drug-likeness (QED) is 0.245. The first kappa shape index (κ1) is 41.1. The minimum absolute atomic E-state index is 0.0854. The van der Waals surface area contributed by atoms with Crippen LogP contribution in [0.25, 0.3) is 0 Å². The molecule has 1 aromatic rings. The van der Waals surface area contributed by atoms with Crippen molar-refractivity contribution < 1.29 is 50.6 Å². The number of aliphatic hydroxyl groups excluding tert-OH is 1. The zero-order valence-corrected chi connectivity index (χ0v) is 28.4. The Bertz CT molecular complexity index is 1100. The number of carbonyl (C=O) groups is 3. The molecule has 2 N–H and O–H groups in total. The molecule has 8 nitrogen and oxygen atoms in total. The highest BCUT2D eigenvalue weighted by molar-refractivity contribution is 14.1. The standard InChI is InChI=1S/C17H17F3INO3.C8H11F3INO2.C2H7N/c1-11(7-8-14(21)17(18,19)20)15(23)22-13(10-25-16(22)24)9-12-5-3-2-4-6-12;1-13(2)7(15)5(14)3-4-6(12)8(9,10)11;1-3-2/h2-6,8,11,13H,7,9-10H2,1H3;4-5,14H,3H2,1-2H3;3H,1-2H3/b14-8-;6-4-;/t11-,13+;5-;/m00./s1. The van der Waals surface area contributed by atoms with Crippen LogP contribution in [0.3, 0.4) is 0 Å². The number of amides is 3. The van der Waals surface area contributed by atoms with Gasteiger partial charge >= 0.3 is 18.4 Å². The number of aliphatic hydroxyl groups is 1. The van der Waals surface area contributed by atoms with Gasteiger partial charge in [-0.1, -0.05) is 49.4 Å². The van der Waals surface area contributed by atoms with Gasteiger partial charge in [-0.05, 0) is 77.7 Å². The number of likely N-dealkylation sites (N-methyl/N-ethyl adjacent to an activating group) is 1. The molecule has 0 aromatic heterocycles. The molecule has 3 atom stereocenters. The van der Waals surface area contributed by atoms with Crippen LogP contribution in [0, 0.1) is 5.92 Å². The minimum atomic E-state index is -4.42. The number of benzene rings is 1. The maximum Gasteiger partial charge on any atom is 0.421 e. The summed E-state index contributed by atoms with van der Waals surface area (Å²) < 4.78 is 76.9. The average Bonchev–Trinajstić information content (AvgIpc) is 3.28. The van der Waals surface area contributed by atoms with Crippen molar-refractivity contribution in [3.63, 3.8) is 0 Å². The highest BCUT2D eigenvalue weighted by Crippen LogP contribution is 2.32. The van der Waals surface area contributed by atoms with Gasteiger partial charge in [-0.25, -0.2) is 9.69 Å². The normalized spacial score (nSPS) is 17.1. The summed E-state index contributed by atoms with van der Waals surface area (Å²) in [6.45, 7) is 1.59. The molecule has 0 radical (unpaired) electrons. The predicted octanol–water partition coefficient (Wildman–Crippen LogP) is 6.03. The first-order valence-electron chi connectivity index (χ1n) is 12.6. The highest BCUT2D eigenvalue weighted by atomic mass is 127. The number of halogens is 8. The van der Waals surface area contributed by atoms with Crippen LogP contribution < -0.4 is 5.32 Å². The fraction of sp³-hybridized carbons (Fsp3) is 0.519. The Balaban J connectivity index is 0.000000838. The lowest BCUT2D eigenvalue weighted by molar-refractivity contribution is -0.137. The van der Waals surface area contributed by atoms with Gasteiger partial charge in [0.15, 0.2) is 0 Å². The lowest BCUT2D eigenvalue weighted by Crippen LogP contribution is -2.42. The van der Waals surface area contributed by atoms with E-state index in [0.717, 1.165) is 50.1 Å². The SMILES string of the molecule is CN(C)C(=O)[C@@H](O)C/C=C(\I)C(F)(F)F.CNC.C[C@@H](C/C=C(\I)C(F)(F)F)C(=O)N1C(=O)OC[C@H]1Cc1ccccc1. The average molecular weight is 849 g/mol. The van der Waals surface area contributed by atoms with E-state index in [9.17, 15) is 45.8 Å². The third-order valence-corrected chi connectivity index (χ3v) is 7.48. The molecule has 1 aliphatic rings. The van der Waals surface area contributed by atoms with E-state index in [0.29, 0.717) is 6.42 Å². The molecule has 244 valence electrons. The highest BCUT2D eigenvalue weighted by Gasteiger charge is 2.40. The fourth-order valence-electron chi connectivity index (χ4n) is 3.23. The second kappa shape index (κ2) is 19.5. The number of allylic oxidation sites excluding steroid dienone is 3. The molecule has 0 spiro atoms. The number of hydrogen-bond acceptors (Lipinski definition) is 6. The number of rotatable bonds is 8. The molecule has 1 heterocycles. The number of alkyl halides is 6. The topological polar surface area (TPSA) is 99.2 Å². The smallest absolute Gasteiger partial charge is 0.421 e. The van der Waals surface area contributed by atoms with Crippen molar-refractivity contribution in [3.8, 4) is 0 Å². The van der Waals surface area contributed by atoms with Gasteiger partial charge < -0.3 is 20.1 Å². The number of nitrogens with one attached hydrogen (secondary N) is 1. The van der Waals surface area contributed by atoms with Crippen molar-refractivity contribution in [2.75, 3.05) is 34.8 Å². The molecule has 1 aliphatic heterocycles. The second-order valence-corrected chi connectivity index (χ2v) is 11.7. The van der Waals surface area contributed by atoms with Crippen molar-refractivity contribution >= 4 is 63.1 Å². The molecule has 0 bridgehead atoms. The minimum Gasteiger partial charge on any atom is -0.447 e. The summed E-state index contributed by atoms with van der Waals surface area (Å²) in [5.74, 6) is -1.89. The van der Waals surface area contributed by atoms with Crippen LogP contribution in [0.2, 0.25) is 0 Å². The Kier molecular flexibility index (Phi) is 18.6. The van der Waals surface area contributed by atoms with Gasteiger partial charge in [0.05, 0.1) is 13.2 Å². The molecule has 2 rings (SSSR count). The van der Waals surface area contributed by atoms with Crippen LogP contribution in [-0.2, 0) is 20.7 Å². The van der Waals surface area contributed by atoms with Crippen LogP contribution in [0.5, 0.6) is 0 Å². The molecule has 43 heavy (non-hydrogen) atoms. The number of hydrogen-bond donors (Lipinski definition) is 2. The Morgan fingerprint density at radius 2 is 1.51 bits per heavy atom. The predicted molar refractivity (Wildman–Crippen MR) is 167 cm³/mol. The van der Waals surface area contributed by atoms with Crippen molar-refractivity contribution in [3.05, 3.63) is 55.2 Å². The fourth-order valence-corrected chi connectivity index (χ4v) is 3.74. The molecular formula is C27H35F6I2N3O5. The van der Waals surface area contributed by atoms with E-state index >= 15 is 0 Å². The molecule has 0 saturated carbocycles. The molecular weight excluding hydrogens is 814 g/mol. The summed E-state index contributed by atoms with van der Waals surface area (Å²) in [4.78, 5) is 37.7. The van der Waals surface area contributed by atoms with Crippen molar-refractivity contribution in [2.45, 2.75) is 50.7 Å². The van der Waals surface area contributed by atoms with E-state index in [1.165, 1.54) is 43.6 Å². The van der Waals surface area contributed by atoms with Crippen LogP contribution in [0.15, 0.2) is 49.6 Å². The summed E-state index contributed by atoms with van der Waals surface area (Å²) in [5.41, 5.74) is 0.947. The number of ether oxygens (including phenoxy) is 1. The maximum atomic E-state index is 12.5. The molecule has 1 aromatic carbocycles. The number of cyclic esters (lactones) is 1. The van der Waals surface area contributed by atoms with Crippen LogP contribution >= 0.6 is 45.2 Å². The molecule has 16 heteroatoms. The zero-order chi connectivity index (χ0) is 33.5. The summed E-state index contributed by atoms with van der Waals surface area (Å²) >= 11 is 2.32. The van der Waals surface area contributed by atoms with E-state index in [4.69, 9.17) is 4.74 Å². The summed E-state index contributed by atoms with van der Waals surface area (Å²) in [7, 11) is 6.59. The molecule has 3 amide bonds. The molecule has 1 fully saturated rings. The van der Waals surface area contributed by atoms with Gasteiger partial charge in [0.2, 0.25) is 5.91 Å². The lowest BCUT2D eigenvalue weighted by Gasteiger charge is -2.22. The van der Waals surface area contributed by atoms with Gasteiger partial charge in [-0.3, -0.25) is 9.59 Å². The second-order valence-electron chi connectivity index (χ2n) is 9.35. The summed E-state index contributed by atoms with van der Waals surface area (Å²) in [6, 6.07) is 8.87. The van der Waals surface area contributed by atoms with Crippen molar-refractivity contribution in [2.24, 2.45) is 5.92 Å². The van der Waals surface area contributed by atoms with Crippen LogP contribution in [0.4, 0.5) is 31.1 Å². The van der Waals surface area contributed by atoms with E-state index in [2.05, 4.69) is 5.32 Å². The third-order valence-electron chi connectivity index (χ3n) is 5.37. The van der Waals surface area contributed by atoms with Gasteiger partial charge in [0, 0.05) is 26.4 Å². The molecule has 0 aliphatic carbocycles. The van der Waals surface area contributed by atoms with E-state index in [1.54, 1.807) is 0 Å². The third kappa shape index (κ3) is 15.6. The van der Waals surface area contributed by atoms with Crippen LogP contribution in [-0.4, -0.2) is 92.1 Å². The Hall–Kier alpha value is -1.93. The van der Waals surface area contributed by atoms with Crippen molar-refractivity contribution in [1.82, 2.24) is 15.1 Å². The first-order valence-corrected chi connectivity index (χ1v) is 14.8. The van der Waals surface area contributed by atoms with Crippen LogP contribution in [0.1, 0.15) is 25.3 Å². The van der Waals surface area contributed by atoms with Gasteiger partial charge in [0.1, 0.15) is 12.7 Å². The first-order chi connectivity index (χ1) is 19.8. The number of imide groups is 1. The Morgan fingerprint density at radius 3 is 1.95 bits per heavy atom.